The number of para-hydroxylation sites is 2. The minimum Gasteiger partial charge on any atom is -0.326 e. The van der Waals surface area contributed by atoms with Crippen LogP contribution in [0, 0.1) is 0 Å². The quantitative estimate of drug-likeness (QED) is 0.355. The van der Waals surface area contributed by atoms with Gasteiger partial charge in [0.05, 0.1) is 17.1 Å². The topological polar surface area (TPSA) is 45.6 Å². The van der Waals surface area contributed by atoms with E-state index in [1.54, 1.807) is 4.90 Å². The van der Waals surface area contributed by atoms with Crippen LogP contribution >= 0.6 is 0 Å². The maximum absolute atomic E-state index is 14.2. The number of carbonyl (C=O) groups excluding carboxylic acids is 2. The van der Waals surface area contributed by atoms with E-state index in [9.17, 15) is 9.59 Å². The summed E-state index contributed by atoms with van der Waals surface area (Å²) >= 11 is 0. The fourth-order valence-corrected chi connectivity index (χ4v) is 5.24. The van der Waals surface area contributed by atoms with E-state index in [0.717, 1.165) is 41.9 Å². The summed E-state index contributed by atoms with van der Waals surface area (Å²) in [6.07, 6.45) is 4.85. The SMILES string of the molecule is CCc1ccc(C(=O)N(CC(=O)N2c3ccccc3-n3cccc3C2c2ccccc2)C2CC2)cc1. The predicted molar refractivity (Wildman–Crippen MR) is 141 cm³/mol. The summed E-state index contributed by atoms with van der Waals surface area (Å²) in [4.78, 5) is 31.4. The third-order valence-corrected chi connectivity index (χ3v) is 7.27. The number of aromatic nitrogens is 1. The summed E-state index contributed by atoms with van der Waals surface area (Å²) in [5.41, 5.74) is 5.74. The van der Waals surface area contributed by atoms with Crippen molar-refractivity contribution in [2.75, 3.05) is 11.4 Å². The van der Waals surface area contributed by atoms with E-state index >= 15 is 0 Å². The summed E-state index contributed by atoms with van der Waals surface area (Å²) in [6, 6.07) is 29.8. The Morgan fingerprint density at radius 1 is 0.833 bits per heavy atom. The number of carbonyl (C=O) groups is 2. The number of nitrogens with zero attached hydrogens (tertiary/aromatic N) is 3. The second kappa shape index (κ2) is 9.15. The molecule has 4 aromatic rings. The normalized spacial score (nSPS) is 16.2. The first-order valence-electron chi connectivity index (χ1n) is 12.7. The first-order chi connectivity index (χ1) is 17.7. The zero-order valence-corrected chi connectivity index (χ0v) is 20.4. The molecule has 3 aromatic carbocycles. The maximum Gasteiger partial charge on any atom is 0.254 e. The van der Waals surface area contributed by atoms with E-state index in [0.29, 0.717) is 5.56 Å². The van der Waals surface area contributed by atoms with Gasteiger partial charge in [-0.05, 0) is 66.8 Å². The molecule has 180 valence electrons. The average molecular weight is 476 g/mol. The molecular weight excluding hydrogens is 446 g/mol. The molecule has 5 nitrogen and oxygen atoms in total. The minimum absolute atomic E-state index is 0.0530. The maximum atomic E-state index is 14.2. The first-order valence-corrected chi connectivity index (χ1v) is 12.7. The van der Waals surface area contributed by atoms with Crippen LogP contribution in [0.5, 0.6) is 0 Å². The molecule has 0 radical (unpaired) electrons. The van der Waals surface area contributed by atoms with Crippen LogP contribution in [-0.4, -0.2) is 33.9 Å². The molecule has 0 N–H and O–H groups in total. The predicted octanol–water partition coefficient (Wildman–Crippen LogP) is 5.78. The third kappa shape index (κ3) is 3.91. The third-order valence-electron chi connectivity index (χ3n) is 7.27. The Morgan fingerprint density at radius 2 is 1.53 bits per heavy atom. The summed E-state index contributed by atoms with van der Waals surface area (Å²) in [7, 11) is 0. The highest BCUT2D eigenvalue weighted by Crippen LogP contribution is 2.42. The molecule has 0 bridgehead atoms. The lowest BCUT2D eigenvalue weighted by atomic mass is 9.97. The van der Waals surface area contributed by atoms with Crippen molar-refractivity contribution in [2.45, 2.75) is 38.3 Å². The highest BCUT2D eigenvalue weighted by Gasteiger charge is 2.40. The second-order valence-corrected chi connectivity index (χ2v) is 9.58. The zero-order chi connectivity index (χ0) is 24.6. The van der Waals surface area contributed by atoms with E-state index in [2.05, 4.69) is 29.7 Å². The van der Waals surface area contributed by atoms with Crippen LogP contribution in [0.15, 0.2) is 97.2 Å². The van der Waals surface area contributed by atoms with Gasteiger partial charge in [-0.25, -0.2) is 0 Å². The number of anilines is 1. The lowest BCUT2D eigenvalue weighted by Gasteiger charge is -2.39. The number of aryl methyl sites for hydroxylation is 1. The van der Waals surface area contributed by atoms with Gasteiger partial charge in [0.15, 0.2) is 0 Å². The largest absolute Gasteiger partial charge is 0.326 e. The Labute approximate surface area is 211 Å². The molecule has 36 heavy (non-hydrogen) atoms. The molecule has 1 atom stereocenters. The molecule has 2 amide bonds. The van der Waals surface area contributed by atoms with Gasteiger partial charge in [0.25, 0.3) is 5.91 Å². The summed E-state index contributed by atoms with van der Waals surface area (Å²) < 4.78 is 2.16. The lowest BCUT2D eigenvalue weighted by molar-refractivity contribution is -0.119. The smallest absolute Gasteiger partial charge is 0.254 e. The van der Waals surface area contributed by atoms with Crippen LogP contribution in [0.2, 0.25) is 0 Å². The van der Waals surface area contributed by atoms with Crippen LogP contribution in [-0.2, 0) is 11.2 Å². The molecule has 5 heteroatoms. The minimum atomic E-state index is -0.274. The van der Waals surface area contributed by atoms with E-state index < -0.39 is 0 Å². The lowest BCUT2D eigenvalue weighted by Crippen LogP contribution is -2.47. The zero-order valence-electron chi connectivity index (χ0n) is 20.4. The molecule has 1 aromatic heterocycles. The van der Waals surface area contributed by atoms with Crippen molar-refractivity contribution >= 4 is 17.5 Å². The summed E-state index contributed by atoms with van der Waals surface area (Å²) in [5, 5.41) is 0. The van der Waals surface area contributed by atoms with Crippen LogP contribution in [0.3, 0.4) is 0 Å². The highest BCUT2D eigenvalue weighted by molar-refractivity contribution is 6.03. The molecule has 1 saturated carbocycles. The second-order valence-electron chi connectivity index (χ2n) is 9.58. The summed E-state index contributed by atoms with van der Waals surface area (Å²) in [5.74, 6) is -0.146. The van der Waals surface area contributed by atoms with Gasteiger partial charge in [0, 0.05) is 17.8 Å². The molecule has 6 rings (SSSR count). The van der Waals surface area contributed by atoms with E-state index in [-0.39, 0.29) is 30.4 Å². The van der Waals surface area contributed by atoms with Crippen molar-refractivity contribution in [1.82, 2.24) is 9.47 Å². The molecule has 1 aliphatic heterocycles. The standard InChI is InChI=1S/C31H29N3O2/c1-2-22-14-16-24(17-15-22)31(36)33(25-18-19-25)21-29(35)34-27-12-7-6-11-26(27)32-20-8-13-28(32)30(34)23-9-4-3-5-10-23/h3-17,20,25,30H,2,18-19,21H2,1H3. The van der Waals surface area contributed by atoms with Crippen LogP contribution < -0.4 is 4.90 Å². The van der Waals surface area contributed by atoms with Gasteiger partial charge in [-0.2, -0.15) is 0 Å². The number of benzene rings is 3. The number of hydrogen-bond donors (Lipinski definition) is 0. The Kier molecular flexibility index (Phi) is 5.68. The van der Waals surface area contributed by atoms with Gasteiger partial charge in [-0.15, -0.1) is 0 Å². The van der Waals surface area contributed by atoms with Crippen molar-refractivity contribution < 1.29 is 9.59 Å². The Balaban J connectivity index is 1.38. The molecular formula is C31H29N3O2. The fraction of sp³-hybridized carbons (Fsp3) is 0.226. The number of fused-ring (bicyclic) bond motifs is 3. The molecule has 1 aliphatic carbocycles. The van der Waals surface area contributed by atoms with E-state index in [1.165, 1.54) is 5.56 Å². The Hall–Kier alpha value is -4.12. The Bertz CT molecular complexity index is 1400. The number of hydrogen-bond acceptors (Lipinski definition) is 2. The molecule has 0 spiro atoms. The van der Waals surface area contributed by atoms with Crippen molar-refractivity contribution in [2.24, 2.45) is 0 Å². The van der Waals surface area contributed by atoms with Gasteiger partial charge in [0.1, 0.15) is 12.6 Å². The van der Waals surface area contributed by atoms with Crippen molar-refractivity contribution in [1.29, 1.82) is 0 Å². The van der Waals surface area contributed by atoms with Crippen LogP contribution in [0.25, 0.3) is 5.69 Å². The first kappa shape index (κ1) is 22.4. The highest BCUT2D eigenvalue weighted by atomic mass is 16.2. The molecule has 2 aliphatic rings. The molecule has 1 fully saturated rings. The monoisotopic (exact) mass is 475 g/mol. The van der Waals surface area contributed by atoms with Gasteiger partial charge in [-0.3, -0.25) is 14.5 Å². The number of rotatable bonds is 6. The van der Waals surface area contributed by atoms with E-state index in [1.807, 2.05) is 83.9 Å². The van der Waals surface area contributed by atoms with E-state index in [4.69, 9.17) is 0 Å². The van der Waals surface area contributed by atoms with Crippen LogP contribution in [0.4, 0.5) is 5.69 Å². The number of amides is 2. The van der Waals surface area contributed by atoms with Gasteiger partial charge >= 0.3 is 0 Å². The average Bonchev–Trinajstić information content (AvgIpc) is 3.66. The Morgan fingerprint density at radius 3 is 2.22 bits per heavy atom. The van der Waals surface area contributed by atoms with Crippen molar-refractivity contribution in [3.8, 4) is 5.69 Å². The van der Waals surface area contributed by atoms with Gasteiger partial charge in [0.2, 0.25) is 5.91 Å². The fourth-order valence-electron chi connectivity index (χ4n) is 5.24. The molecule has 1 unspecified atom stereocenters. The summed E-state index contributed by atoms with van der Waals surface area (Å²) in [6.45, 7) is 2.15. The van der Waals surface area contributed by atoms with Crippen molar-refractivity contribution in [3.63, 3.8) is 0 Å². The van der Waals surface area contributed by atoms with Crippen molar-refractivity contribution in [3.05, 3.63) is 120 Å². The van der Waals surface area contributed by atoms with Gasteiger partial charge < -0.3 is 9.47 Å². The van der Waals surface area contributed by atoms with Crippen LogP contribution in [0.1, 0.15) is 53.0 Å². The van der Waals surface area contributed by atoms with Gasteiger partial charge in [-0.1, -0.05) is 61.5 Å². The molecule has 0 saturated heterocycles. The molecule has 2 heterocycles.